The minimum atomic E-state index is -0.0313. The average molecular weight is 234 g/mol. The molecule has 2 rings (SSSR count). The van der Waals surface area contributed by atoms with Gasteiger partial charge in [-0.1, -0.05) is 0 Å². The van der Waals surface area contributed by atoms with Gasteiger partial charge in [-0.15, -0.1) is 0 Å². The largest absolute Gasteiger partial charge is 0.337 e. The smallest absolute Gasteiger partial charge is 0.244 e. The van der Waals surface area contributed by atoms with Crippen molar-refractivity contribution < 1.29 is 4.79 Å². The number of hydrogen-bond donors (Lipinski definition) is 1. The van der Waals surface area contributed by atoms with Crippen LogP contribution in [0, 0.1) is 6.92 Å². The van der Waals surface area contributed by atoms with E-state index in [1.54, 1.807) is 35.1 Å². The van der Waals surface area contributed by atoms with E-state index in [1.165, 1.54) is 0 Å². The zero-order valence-electron chi connectivity index (χ0n) is 9.79. The Balaban J connectivity index is 1.91. The molecule has 7 heteroatoms. The van der Waals surface area contributed by atoms with Crippen LogP contribution in [0.25, 0.3) is 0 Å². The lowest BCUT2D eigenvalue weighted by molar-refractivity contribution is -0.131. The fourth-order valence-electron chi connectivity index (χ4n) is 1.41. The molecule has 7 nitrogen and oxygen atoms in total. The Hall–Kier alpha value is -2.18. The van der Waals surface area contributed by atoms with Gasteiger partial charge in [-0.2, -0.15) is 10.2 Å². The van der Waals surface area contributed by atoms with Crippen LogP contribution in [-0.4, -0.2) is 42.8 Å². The van der Waals surface area contributed by atoms with Crippen molar-refractivity contribution in [2.75, 3.05) is 7.05 Å². The maximum Gasteiger partial charge on any atom is 0.244 e. The van der Waals surface area contributed by atoms with Crippen molar-refractivity contribution in [1.29, 1.82) is 0 Å². The lowest BCUT2D eigenvalue weighted by atomic mass is 10.4. The summed E-state index contributed by atoms with van der Waals surface area (Å²) in [7, 11) is 1.72. The van der Waals surface area contributed by atoms with Gasteiger partial charge in [0.15, 0.2) is 5.82 Å². The fraction of sp³-hybridized carbons (Fsp3) is 0.400. The predicted molar refractivity (Wildman–Crippen MR) is 59.8 cm³/mol. The number of carbonyl (C=O) groups is 1. The number of nitrogens with one attached hydrogen (secondary N) is 1. The third-order valence-electron chi connectivity index (χ3n) is 2.30. The van der Waals surface area contributed by atoms with Crippen molar-refractivity contribution in [2.24, 2.45) is 0 Å². The molecular formula is C10H14N6O. The average Bonchev–Trinajstić information content (AvgIpc) is 2.90. The van der Waals surface area contributed by atoms with Crippen molar-refractivity contribution in [3.63, 3.8) is 0 Å². The number of amides is 1. The summed E-state index contributed by atoms with van der Waals surface area (Å²) in [6.45, 7) is 2.44. The Bertz CT molecular complexity index is 489. The molecule has 0 unspecified atom stereocenters. The maximum atomic E-state index is 11.8. The van der Waals surface area contributed by atoms with Crippen molar-refractivity contribution in [1.82, 2.24) is 29.9 Å². The molecule has 0 aliphatic heterocycles. The molecule has 0 saturated carbocycles. The van der Waals surface area contributed by atoms with Gasteiger partial charge in [0, 0.05) is 19.4 Å². The molecular weight excluding hydrogens is 220 g/mol. The van der Waals surface area contributed by atoms with Gasteiger partial charge in [0.1, 0.15) is 12.4 Å². The second-order valence-corrected chi connectivity index (χ2v) is 3.79. The van der Waals surface area contributed by atoms with Gasteiger partial charge in [0.2, 0.25) is 5.91 Å². The van der Waals surface area contributed by atoms with Crippen molar-refractivity contribution in [2.45, 2.75) is 20.0 Å². The summed E-state index contributed by atoms with van der Waals surface area (Å²) in [6.07, 6.45) is 3.40. The molecule has 90 valence electrons. The van der Waals surface area contributed by atoms with Crippen LogP contribution in [0.5, 0.6) is 0 Å². The van der Waals surface area contributed by atoms with E-state index < -0.39 is 0 Å². The van der Waals surface area contributed by atoms with Crippen LogP contribution in [0.1, 0.15) is 11.6 Å². The molecule has 0 radical (unpaired) electrons. The van der Waals surface area contributed by atoms with E-state index in [2.05, 4.69) is 20.3 Å². The molecule has 1 N–H and O–H groups in total. The first-order valence-corrected chi connectivity index (χ1v) is 5.24. The molecule has 0 atom stereocenters. The normalized spacial score (nSPS) is 10.5. The first-order valence-electron chi connectivity index (χ1n) is 5.24. The molecule has 0 spiro atoms. The number of nitrogens with zero attached hydrogens (tertiary/aromatic N) is 5. The third-order valence-corrected chi connectivity index (χ3v) is 2.30. The standard InChI is InChI=1S/C10H14N6O/c1-8-12-9(14-13-8)6-15(2)10(17)7-16-5-3-4-11-16/h3-5H,6-7H2,1-2H3,(H,12,13,14). The van der Waals surface area contributed by atoms with Crippen molar-refractivity contribution in [3.8, 4) is 0 Å². The van der Waals surface area contributed by atoms with Gasteiger partial charge in [-0.3, -0.25) is 14.6 Å². The van der Waals surface area contributed by atoms with E-state index in [-0.39, 0.29) is 12.5 Å². The third kappa shape index (κ3) is 2.90. The lowest BCUT2D eigenvalue weighted by Gasteiger charge is -2.14. The van der Waals surface area contributed by atoms with E-state index >= 15 is 0 Å². The summed E-state index contributed by atoms with van der Waals surface area (Å²) in [5.41, 5.74) is 0. The summed E-state index contributed by atoms with van der Waals surface area (Å²) in [4.78, 5) is 17.5. The summed E-state index contributed by atoms with van der Waals surface area (Å²) in [5, 5.41) is 10.7. The maximum absolute atomic E-state index is 11.8. The number of likely N-dealkylation sites (N-methyl/N-ethyl adjacent to an activating group) is 1. The van der Waals surface area contributed by atoms with Gasteiger partial charge in [-0.25, -0.2) is 4.98 Å². The number of hydrogen-bond acceptors (Lipinski definition) is 4. The predicted octanol–water partition coefficient (Wildman–Crippen LogP) is -0.0318. The summed E-state index contributed by atoms with van der Waals surface area (Å²) >= 11 is 0. The molecule has 0 bridgehead atoms. The molecule has 0 aromatic carbocycles. The van der Waals surface area contributed by atoms with E-state index in [0.29, 0.717) is 12.4 Å². The number of carbonyl (C=O) groups excluding carboxylic acids is 1. The fourth-order valence-corrected chi connectivity index (χ4v) is 1.41. The highest BCUT2D eigenvalue weighted by molar-refractivity contribution is 5.75. The monoisotopic (exact) mass is 234 g/mol. The highest BCUT2D eigenvalue weighted by atomic mass is 16.2. The Morgan fingerprint density at radius 3 is 3.00 bits per heavy atom. The summed E-state index contributed by atoms with van der Waals surface area (Å²) in [6, 6.07) is 1.78. The van der Waals surface area contributed by atoms with E-state index in [0.717, 1.165) is 5.82 Å². The van der Waals surface area contributed by atoms with Crippen LogP contribution in [0.2, 0.25) is 0 Å². The molecule has 0 fully saturated rings. The summed E-state index contributed by atoms with van der Waals surface area (Å²) < 4.78 is 1.59. The molecule has 0 saturated heterocycles. The lowest BCUT2D eigenvalue weighted by Crippen LogP contribution is -2.30. The van der Waals surface area contributed by atoms with Crippen molar-refractivity contribution in [3.05, 3.63) is 30.1 Å². The van der Waals surface area contributed by atoms with Gasteiger partial charge in [0.25, 0.3) is 0 Å². The number of H-pyrrole nitrogens is 1. The van der Waals surface area contributed by atoms with Crippen LogP contribution in [0.15, 0.2) is 18.5 Å². The highest BCUT2D eigenvalue weighted by Crippen LogP contribution is 1.98. The quantitative estimate of drug-likeness (QED) is 0.805. The van der Waals surface area contributed by atoms with Crippen LogP contribution in [0.3, 0.4) is 0 Å². The Labute approximate surface area is 98.5 Å². The number of aromatic nitrogens is 5. The molecule has 0 aliphatic carbocycles. The van der Waals surface area contributed by atoms with Crippen LogP contribution in [0.4, 0.5) is 0 Å². The van der Waals surface area contributed by atoms with Crippen LogP contribution >= 0.6 is 0 Å². The first kappa shape index (κ1) is 11.3. The SMILES string of the molecule is Cc1nc(CN(C)C(=O)Cn2cccn2)n[nH]1. The summed E-state index contributed by atoms with van der Waals surface area (Å²) in [5.74, 6) is 1.32. The molecule has 2 heterocycles. The van der Waals surface area contributed by atoms with E-state index in [1.807, 2.05) is 6.92 Å². The zero-order valence-corrected chi connectivity index (χ0v) is 9.79. The first-order chi connectivity index (χ1) is 8.15. The minimum absolute atomic E-state index is 0.0313. The zero-order chi connectivity index (χ0) is 12.3. The molecule has 1 amide bonds. The minimum Gasteiger partial charge on any atom is -0.337 e. The molecule has 2 aromatic rings. The second kappa shape index (κ2) is 4.77. The number of aryl methyl sites for hydroxylation is 1. The number of aromatic amines is 1. The van der Waals surface area contributed by atoms with Gasteiger partial charge in [-0.05, 0) is 13.0 Å². The van der Waals surface area contributed by atoms with Crippen LogP contribution < -0.4 is 0 Å². The molecule has 17 heavy (non-hydrogen) atoms. The Morgan fingerprint density at radius 2 is 2.41 bits per heavy atom. The highest BCUT2D eigenvalue weighted by Gasteiger charge is 2.12. The number of rotatable bonds is 4. The topological polar surface area (TPSA) is 79.7 Å². The van der Waals surface area contributed by atoms with Gasteiger partial charge < -0.3 is 4.90 Å². The van der Waals surface area contributed by atoms with Gasteiger partial charge >= 0.3 is 0 Å². The molecule has 0 aliphatic rings. The molecule has 2 aromatic heterocycles. The van der Waals surface area contributed by atoms with Crippen molar-refractivity contribution >= 4 is 5.91 Å². The van der Waals surface area contributed by atoms with Gasteiger partial charge in [0.05, 0.1) is 6.54 Å². The Morgan fingerprint density at radius 1 is 1.59 bits per heavy atom. The Kier molecular flexibility index (Phi) is 3.17. The van der Waals surface area contributed by atoms with Crippen LogP contribution in [-0.2, 0) is 17.9 Å². The van der Waals surface area contributed by atoms with E-state index in [4.69, 9.17) is 0 Å². The van der Waals surface area contributed by atoms with E-state index in [9.17, 15) is 4.79 Å². The second-order valence-electron chi connectivity index (χ2n) is 3.79.